The number of carbonyl (C=O) groups is 1. The van der Waals surface area contributed by atoms with Crippen LogP contribution in [-0.2, 0) is 16.0 Å². The molecule has 0 aliphatic heterocycles. The Balaban J connectivity index is 2.95. The van der Waals surface area contributed by atoms with Crippen molar-refractivity contribution in [1.82, 2.24) is 0 Å². The van der Waals surface area contributed by atoms with Crippen molar-refractivity contribution in [3.63, 3.8) is 0 Å². The van der Waals surface area contributed by atoms with Crippen LogP contribution in [0, 0.1) is 0 Å². The van der Waals surface area contributed by atoms with Crippen LogP contribution in [0.15, 0.2) is 23.4 Å². The van der Waals surface area contributed by atoms with Gasteiger partial charge in [0.15, 0.2) is 5.17 Å². The van der Waals surface area contributed by atoms with Gasteiger partial charge in [0.2, 0.25) is 0 Å². The molecule has 1 aromatic carbocycles. The third-order valence-corrected chi connectivity index (χ3v) is 2.51. The highest BCUT2D eigenvalue weighted by molar-refractivity contribution is 6.70. The molecule has 1 rings (SSSR count). The Kier molecular flexibility index (Phi) is 4.58. The van der Waals surface area contributed by atoms with Gasteiger partial charge in [0.05, 0.1) is 18.6 Å². The molecule has 0 spiro atoms. The van der Waals surface area contributed by atoms with Crippen LogP contribution in [0.25, 0.3) is 0 Å². The summed E-state index contributed by atoms with van der Waals surface area (Å²) >= 11 is 11.5. The normalized spacial score (nSPS) is 11.3. The average molecular weight is 262 g/mol. The number of hydrogen-bond donors (Lipinski definition) is 1. The molecule has 0 bridgehead atoms. The van der Waals surface area contributed by atoms with Crippen LogP contribution in [0.3, 0.4) is 0 Å². The molecule has 1 N–H and O–H groups in total. The highest BCUT2D eigenvalue weighted by Crippen LogP contribution is 2.20. The van der Waals surface area contributed by atoms with Crippen molar-refractivity contribution in [3.8, 4) is 0 Å². The fraction of sp³-hybridized carbons (Fsp3) is 0.200. The first kappa shape index (κ1) is 12.8. The summed E-state index contributed by atoms with van der Waals surface area (Å²) in [7, 11) is 1.31. The van der Waals surface area contributed by atoms with Crippen LogP contribution in [-0.4, -0.2) is 23.5 Å². The van der Waals surface area contributed by atoms with Gasteiger partial charge < -0.3 is 9.94 Å². The number of oxime groups is 1. The Labute approximate surface area is 102 Å². The van der Waals surface area contributed by atoms with Crippen LogP contribution in [0.4, 0.5) is 0 Å². The molecule has 0 aliphatic carbocycles. The molecule has 4 nitrogen and oxygen atoms in total. The molecule has 6 heteroatoms. The summed E-state index contributed by atoms with van der Waals surface area (Å²) in [4.78, 5) is 11.0. The van der Waals surface area contributed by atoms with Crippen LogP contribution in [0.1, 0.15) is 11.1 Å². The molecule has 0 aromatic heterocycles. The van der Waals surface area contributed by atoms with E-state index in [0.29, 0.717) is 16.1 Å². The number of benzene rings is 1. The minimum absolute atomic E-state index is 0.102. The van der Waals surface area contributed by atoms with E-state index in [9.17, 15) is 4.79 Å². The standard InChI is InChI=1S/C10H9Cl2NO3/c1-16-9(14)5-6-2-3-7(8(11)4-6)10(12)13-15/h2-4,15H,5H2,1H3/b13-10-. The van der Waals surface area contributed by atoms with Gasteiger partial charge in [0.25, 0.3) is 0 Å². The van der Waals surface area contributed by atoms with E-state index in [0.717, 1.165) is 0 Å². The average Bonchev–Trinajstić information content (AvgIpc) is 2.28. The number of halogens is 2. The van der Waals surface area contributed by atoms with Gasteiger partial charge in [-0.05, 0) is 17.7 Å². The molecule has 0 saturated carbocycles. The molecule has 0 radical (unpaired) electrons. The van der Waals surface area contributed by atoms with Crippen LogP contribution in [0.5, 0.6) is 0 Å². The quantitative estimate of drug-likeness (QED) is 0.394. The van der Waals surface area contributed by atoms with E-state index >= 15 is 0 Å². The van der Waals surface area contributed by atoms with Crippen molar-refractivity contribution in [1.29, 1.82) is 0 Å². The smallest absolute Gasteiger partial charge is 0.309 e. The first-order chi connectivity index (χ1) is 7.58. The maximum absolute atomic E-state index is 11.0. The van der Waals surface area contributed by atoms with E-state index in [1.54, 1.807) is 18.2 Å². The van der Waals surface area contributed by atoms with Gasteiger partial charge in [0, 0.05) is 5.56 Å². The fourth-order valence-electron chi connectivity index (χ4n) is 1.13. The minimum Gasteiger partial charge on any atom is -0.469 e. The lowest BCUT2D eigenvalue weighted by atomic mass is 10.1. The second-order valence-electron chi connectivity index (χ2n) is 2.96. The van der Waals surface area contributed by atoms with Crippen LogP contribution in [0.2, 0.25) is 5.02 Å². The fourth-order valence-corrected chi connectivity index (χ4v) is 1.63. The van der Waals surface area contributed by atoms with Crippen molar-refractivity contribution in [2.45, 2.75) is 6.42 Å². The maximum Gasteiger partial charge on any atom is 0.309 e. The van der Waals surface area contributed by atoms with Gasteiger partial charge in [-0.3, -0.25) is 4.79 Å². The number of ether oxygens (including phenoxy) is 1. The maximum atomic E-state index is 11.0. The molecule has 0 heterocycles. The molecule has 0 aliphatic rings. The summed E-state index contributed by atoms with van der Waals surface area (Å²) in [5, 5.41) is 11.5. The summed E-state index contributed by atoms with van der Waals surface area (Å²) in [6, 6.07) is 4.80. The third kappa shape index (κ3) is 3.12. The molecule has 16 heavy (non-hydrogen) atoms. The Bertz CT molecular complexity index is 432. The van der Waals surface area contributed by atoms with Gasteiger partial charge in [-0.25, -0.2) is 0 Å². The first-order valence-electron chi connectivity index (χ1n) is 4.31. The van der Waals surface area contributed by atoms with Crippen molar-refractivity contribution < 1.29 is 14.7 Å². The zero-order valence-corrected chi connectivity index (χ0v) is 9.92. The topological polar surface area (TPSA) is 58.9 Å². The second kappa shape index (κ2) is 5.72. The van der Waals surface area contributed by atoms with E-state index in [1.807, 2.05) is 0 Å². The number of esters is 1. The summed E-state index contributed by atoms with van der Waals surface area (Å²) < 4.78 is 4.52. The first-order valence-corrected chi connectivity index (χ1v) is 5.07. The Hall–Kier alpha value is -1.26. The SMILES string of the molecule is COC(=O)Cc1ccc(/C(Cl)=N/O)c(Cl)c1. The predicted octanol–water partition coefficient (Wildman–Crippen LogP) is 2.43. The van der Waals surface area contributed by atoms with Crippen LogP contribution >= 0.6 is 23.2 Å². The summed E-state index contributed by atoms with van der Waals surface area (Å²) in [5.41, 5.74) is 1.10. The summed E-state index contributed by atoms with van der Waals surface area (Å²) in [5.74, 6) is -0.356. The molecule has 0 unspecified atom stereocenters. The number of methoxy groups -OCH3 is 1. The van der Waals surface area contributed by atoms with Gasteiger partial charge in [-0.2, -0.15) is 0 Å². The lowest BCUT2D eigenvalue weighted by Gasteiger charge is -2.04. The molecule has 0 atom stereocenters. The molecule has 0 fully saturated rings. The van der Waals surface area contributed by atoms with Gasteiger partial charge in [0.1, 0.15) is 0 Å². The van der Waals surface area contributed by atoms with E-state index in [-0.39, 0.29) is 17.6 Å². The summed E-state index contributed by atoms with van der Waals surface area (Å²) in [6.45, 7) is 0. The third-order valence-electron chi connectivity index (χ3n) is 1.92. The highest BCUT2D eigenvalue weighted by atomic mass is 35.5. The number of nitrogens with zero attached hydrogens (tertiary/aromatic N) is 1. The number of carbonyl (C=O) groups excluding carboxylic acids is 1. The van der Waals surface area contributed by atoms with Gasteiger partial charge in [-0.15, -0.1) is 0 Å². The molecule has 0 saturated heterocycles. The molecule has 86 valence electrons. The van der Waals surface area contributed by atoms with E-state index < -0.39 is 0 Å². The lowest BCUT2D eigenvalue weighted by Crippen LogP contribution is -2.05. The van der Waals surface area contributed by atoms with E-state index in [4.69, 9.17) is 28.4 Å². The zero-order chi connectivity index (χ0) is 12.1. The van der Waals surface area contributed by atoms with Crippen molar-refractivity contribution in [2.24, 2.45) is 5.16 Å². The Morgan fingerprint density at radius 2 is 2.25 bits per heavy atom. The van der Waals surface area contributed by atoms with Crippen molar-refractivity contribution in [3.05, 3.63) is 34.3 Å². The lowest BCUT2D eigenvalue weighted by molar-refractivity contribution is -0.139. The van der Waals surface area contributed by atoms with Crippen molar-refractivity contribution >= 4 is 34.3 Å². The Morgan fingerprint density at radius 3 is 2.75 bits per heavy atom. The largest absolute Gasteiger partial charge is 0.469 e. The molecule has 1 aromatic rings. The molecular weight excluding hydrogens is 253 g/mol. The highest BCUT2D eigenvalue weighted by Gasteiger charge is 2.09. The molecular formula is C10H9Cl2NO3. The second-order valence-corrected chi connectivity index (χ2v) is 3.72. The van der Waals surface area contributed by atoms with E-state index in [1.165, 1.54) is 7.11 Å². The van der Waals surface area contributed by atoms with Crippen molar-refractivity contribution in [2.75, 3.05) is 7.11 Å². The van der Waals surface area contributed by atoms with E-state index in [2.05, 4.69) is 9.89 Å². The minimum atomic E-state index is -0.356. The number of hydrogen-bond acceptors (Lipinski definition) is 4. The Morgan fingerprint density at radius 1 is 1.56 bits per heavy atom. The van der Waals surface area contributed by atoms with Gasteiger partial charge >= 0.3 is 5.97 Å². The zero-order valence-electron chi connectivity index (χ0n) is 8.41. The molecule has 0 amide bonds. The van der Waals surface area contributed by atoms with Gasteiger partial charge in [-0.1, -0.05) is 34.4 Å². The predicted molar refractivity (Wildman–Crippen MR) is 61.3 cm³/mol. The monoisotopic (exact) mass is 261 g/mol. The number of rotatable bonds is 3. The summed E-state index contributed by atoms with van der Waals surface area (Å²) in [6.07, 6.45) is 0.129. The van der Waals surface area contributed by atoms with Crippen LogP contribution < -0.4 is 0 Å².